The molecule has 1 unspecified atom stereocenters. The van der Waals surface area contributed by atoms with Gasteiger partial charge >= 0.3 is 0 Å². The van der Waals surface area contributed by atoms with Crippen molar-refractivity contribution in [3.05, 3.63) is 29.8 Å². The lowest BCUT2D eigenvalue weighted by atomic mass is 9.45. The van der Waals surface area contributed by atoms with E-state index >= 15 is 0 Å². The number of fused-ring (bicyclic) bond motifs is 5. The van der Waals surface area contributed by atoms with Crippen molar-refractivity contribution in [3.63, 3.8) is 0 Å². The Morgan fingerprint density at radius 3 is 2.42 bits per heavy atom. The molecule has 5 rings (SSSR count). The molecule has 0 heterocycles. The fourth-order valence-corrected chi connectivity index (χ4v) is 9.13. The lowest BCUT2D eigenvalue weighted by Gasteiger charge is -2.60. The van der Waals surface area contributed by atoms with Crippen LogP contribution in [0, 0.1) is 41.4 Å². The number of carbonyl (C=O) groups is 1. The molecule has 4 aliphatic carbocycles. The molecule has 0 N–H and O–H groups in total. The number of benzene rings is 1. The molecule has 0 radical (unpaired) electrons. The van der Waals surface area contributed by atoms with Crippen LogP contribution < -0.4 is 0 Å². The second-order valence-corrected chi connectivity index (χ2v) is 12.9. The Balaban J connectivity index is 1.30. The van der Waals surface area contributed by atoms with Gasteiger partial charge in [-0.15, -0.1) is 0 Å². The Hall–Kier alpha value is -1.20. The second kappa shape index (κ2) is 7.41. The highest BCUT2D eigenvalue weighted by atomic mass is 32.2. The predicted octanol–water partition coefficient (Wildman–Crippen LogP) is 5.68. The van der Waals surface area contributed by atoms with Gasteiger partial charge in [0.2, 0.25) is 0 Å². The monoisotopic (exact) mass is 444 g/mol. The van der Waals surface area contributed by atoms with Gasteiger partial charge in [0.1, 0.15) is 5.78 Å². The third-order valence-corrected chi connectivity index (χ3v) is 11.3. The summed E-state index contributed by atoms with van der Waals surface area (Å²) in [5, 5.41) is 0. The smallest absolute Gasteiger partial charge is 0.297 e. The maximum Gasteiger partial charge on any atom is 0.297 e. The van der Waals surface area contributed by atoms with Crippen molar-refractivity contribution >= 4 is 15.9 Å². The number of hydrogen-bond acceptors (Lipinski definition) is 4. The quantitative estimate of drug-likeness (QED) is 0.563. The van der Waals surface area contributed by atoms with E-state index in [2.05, 4.69) is 13.8 Å². The van der Waals surface area contributed by atoms with E-state index in [0.717, 1.165) is 56.9 Å². The molecule has 0 bridgehead atoms. The molecule has 0 aromatic heterocycles. The Kier molecular flexibility index (Phi) is 5.17. The van der Waals surface area contributed by atoms with Crippen molar-refractivity contribution in [2.45, 2.75) is 89.6 Å². The largest absolute Gasteiger partial charge is 0.299 e. The average Bonchev–Trinajstić information content (AvgIpc) is 3.03. The van der Waals surface area contributed by atoms with Gasteiger partial charge in [-0.05, 0) is 99.5 Å². The topological polar surface area (TPSA) is 60.4 Å². The van der Waals surface area contributed by atoms with Crippen LogP contribution in [-0.2, 0) is 19.1 Å². The number of hydrogen-bond donors (Lipinski definition) is 0. The number of Topliss-reactive ketones (excluding diaryl/α,β-unsaturated/α-hetero) is 1. The van der Waals surface area contributed by atoms with Gasteiger partial charge in [-0.2, -0.15) is 8.42 Å². The summed E-state index contributed by atoms with van der Waals surface area (Å²) in [5.41, 5.74) is 1.22. The molecule has 0 aliphatic heterocycles. The Bertz CT molecular complexity index is 968. The van der Waals surface area contributed by atoms with E-state index in [0.29, 0.717) is 29.5 Å². The van der Waals surface area contributed by atoms with Crippen molar-refractivity contribution in [1.29, 1.82) is 0 Å². The highest BCUT2D eigenvalue weighted by Crippen LogP contribution is 2.65. The Morgan fingerprint density at radius 1 is 0.935 bits per heavy atom. The molecule has 4 fully saturated rings. The minimum Gasteiger partial charge on any atom is -0.299 e. The van der Waals surface area contributed by atoms with Gasteiger partial charge < -0.3 is 0 Å². The zero-order valence-electron chi connectivity index (χ0n) is 19.1. The summed E-state index contributed by atoms with van der Waals surface area (Å²) in [4.78, 5) is 12.9. The fraction of sp³-hybridized carbons (Fsp3) is 0.731. The molecule has 4 aliphatic rings. The van der Waals surface area contributed by atoms with Crippen molar-refractivity contribution in [2.75, 3.05) is 0 Å². The van der Waals surface area contributed by atoms with E-state index in [-0.39, 0.29) is 21.8 Å². The highest BCUT2D eigenvalue weighted by Gasteiger charge is 2.60. The molecule has 31 heavy (non-hydrogen) atoms. The van der Waals surface area contributed by atoms with Gasteiger partial charge in [0.05, 0.1) is 11.0 Å². The SMILES string of the molecule is Cc1ccc(S(=O)(=O)O[C@H]2CC[C@]3(C)C4CC[C@]5(C)C(=O)CC[C@H]5[C@@H]4CC[C@H]3C2)cc1. The molecule has 1 aromatic rings. The third kappa shape index (κ3) is 3.42. The lowest BCUT2D eigenvalue weighted by Crippen LogP contribution is -2.54. The predicted molar refractivity (Wildman–Crippen MR) is 120 cm³/mol. The molecule has 170 valence electrons. The molecule has 0 spiro atoms. The molecular formula is C26H36O4S. The zero-order chi connectivity index (χ0) is 22.0. The van der Waals surface area contributed by atoms with Gasteiger partial charge in [-0.3, -0.25) is 8.98 Å². The summed E-state index contributed by atoms with van der Waals surface area (Å²) in [6.07, 6.45) is 8.85. The number of carbonyl (C=O) groups excluding carboxylic acids is 1. The van der Waals surface area contributed by atoms with Gasteiger partial charge in [-0.25, -0.2) is 0 Å². The van der Waals surface area contributed by atoms with E-state index in [1.165, 1.54) is 6.42 Å². The van der Waals surface area contributed by atoms with Crippen LogP contribution in [0.15, 0.2) is 29.2 Å². The van der Waals surface area contributed by atoms with Gasteiger partial charge in [0.25, 0.3) is 10.1 Å². The summed E-state index contributed by atoms with van der Waals surface area (Å²) < 4.78 is 31.4. The van der Waals surface area contributed by atoms with Crippen LogP contribution in [0.1, 0.15) is 77.2 Å². The minimum atomic E-state index is -3.72. The molecule has 1 aromatic carbocycles. The van der Waals surface area contributed by atoms with Crippen LogP contribution in [0.5, 0.6) is 0 Å². The Morgan fingerprint density at radius 2 is 1.68 bits per heavy atom. The van der Waals surface area contributed by atoms with E-state index in [1.54, 1.807) is 12.1 Å². The molecule has 4 nitrogen and oxygen atoms in total. The van der Waals surface area contributed by atoms with Gasteiger partial charge in [0, 0.05) is 11.8 Å². The summed E-state index contributed by atoms with van der Waals surface area (Å²) in [6, 6.07) is 6.93. The second-order valence-electron chi connectivity index (χ2n) is 11.3. The van der Waals surface area contributed by atoms with Gasteiger partial charge in [0.15, 0.2) is 0 Å². The van der Waals surface area contributed by atoms with E-state index in [9.17, 15) is 13.2 Å². The first-order valence-corrected chi connectivity index (χ1v) is 13.6. The minimum absolute atomic E-state index is 0.0766. The molecule has 4 saturated carbocycles. The normalized spacial score (nSPS) is 42.5. The maximum absolute atomic E-state index is 12.8. The standard InChI is InChI=1S/C26H36O4S/c1-17-4-7-20(8-5-17)31(28,29)30-19-12-14-25(2)18(16-19)6-9-21-22-10-11-24(27)26(22,3)15-13-23(21)25/h4-5,7-8,18-19,21-23H,6,9-16H2,1-3H3/t18-,19-,21-,22-,23?,25-,26-/m0/s1. The molecule has 5 heteroatoms. The average molecular weight is 445 g/mol. The van der Waals surface area contributed by atoms with Gasteiger partial charge in [-0.1, -0.05) is 31.5 Å². The highest BCUT2D eigenvalue weighted by molar-refractivity contribution is 7.86. The van der Waals surface area contributed by atoms with Crippen LogP contribution >= 0.6 is 0 Å². The van der Waals surface area contributed by atoms with E-state index in [1.807, 2.05) is 19.1 Å². The number of aryl methyl sites for hydroxylation is 1. The van der Waals surface area contributed by atoms with Crippen molar-refractivity contribution in [3.8, 4) is 0 Å². The van der Waals surface area contributed by atoms with Crippen LogP contribution in [0.2, 0.25) is 0 Å². The zero-order valence-corrected chi connectivity index (χ0v) is 19.9. The van der Waals surface area contributed by atoms with Crippen molar-refractivity contribution < 1.29 is 17.4 Å². The van der Waals surface area contributed by atoms with E-state index < -0.39 is 10.1 Å². The van der Waals surface area contributed by atoms with Crippen molar-refractivity contribution in [2.24, 2.45) is 34.5 Å². The first-order chi connectivity index (χ1) is 14.6. The van der Waals surface area contributed by atoms with Crippen LogP contribution in [-0.4, -0.2) is 20.3 Å². The third-order valence-electron chi connectivity index (χ3n) is 9.90. The molecule has 7 atom stereocenters. The fourth-order valence-electron chi connectivity index (χ4n) is 8.02. The molecule has 0 saturated heterocycles. The van der Waals surface area contributed by atoms with Crippen LogP contribution in [0.4, 0.5) is 0 Å². The summed E-state index contributed by atoms with van der Waals surface area (Å²) in [6.45, 7) is 6.64. The summed E-state index contributed by atoms with van der Waals surface area (Å²) >= 11 is 0. The van der Waals surface area contributed by atoms with Crippen LogP contribution in [0.25, 0.3) is 0 Å². The molecule has 0 amide bonds. The lowest BCUT2D eigenvalue weighted by molar-refractivity contribution is -0.141. The first-order valence-electron chi connectivity index (χ1n) is 12.2. The van der Waals surface area contributed by atoms with E-state index in [4.69, 9.17) is 4.18 Å². The first kappa shape index (κ1) is 21.6. The molecular weight excluding hydrogens is 408 g/mol. The Labute approximate surface area is 187 Å². The summed E-state index contributed by atoms with van der Waals surface area (Å²) in [7, 11) is -3.72. The number of ketones is 1. The number of rotatable bonds is 3. The maximum atomic E-state index is 12.8. The van der Waals surface area contributed by atoms with Crippen molar-refractivity contribution in [1.82, 2.24) is 0 Å². The summed E-state index contributed by atoms with van der Waals surface area (Å²) in [5.74, 6) is 2.92. The van der Waals surface area contributed by atoms with Crippen LogP contribution in [0.3, 0.4) is 0 Å².